The molecule has 0 aromatic carbocycles. The van der Waals surface area contributed by atoms with Gasteiger partial charge in [0.1, 0.15) is 13.0 Å². The number of Topliss-reactive ketones (excluding diaryl/α,β-unsaturated/α-hetero) is 1. The summed E-state index contributed by atoms with van der Waals surface area (Å²) in [4.78, 5) is 24.6. The molecular weight excluding hydrogens is 236 g/mol. The molecule has 0 amide bonds. The summed E-state index contributed by atoms with van der Waals surface area (Å²) in [7, 11) is 3.84. The second-order valence-electron chi connectivity index (χ2n) is 4.17. The number of hydrogen-bond donors (Lipinski definition) is 0. The Bertz CT molecular complexity index is 414. The van der Waals surface area contributed by atoms with Crippen molar-refractivity contribution < 1.29 is 14.3 Å². The van der Waals surface area contributed by atoms with E-state index in [1.54, 1.807) is 13.1 Å². The molecule has 0 saturated carbocycles. The Labute approximate surface area is 106 Å². The van der Waals surface area contributed by atoms with Gasteiger partial charge in [-0.25, -0.2) is 4.68 Å². The molecule has 0 aliphatic carbocycles. The van der Waals surface area contributed by atoms with Crippen LogP contribution in [0, 0.1) is 0 Å². The highest BCUT2D eigenvalue weighted by molar-refractivity contribution is 5.95. The zero-order chi connectivity index (χ0) is 13.5. The number of aromatic nitrogens is 3. The third-order valence-electron chi connectivity index (χ3n) is 2.05. The lowest BCUT2D eigenvalue weighted by Crippen LogP contribution is -2.16. The molecule has 7 nitrogen and oxygen atoms in total. The second kappa shape index (κ2) is 6.85. The van der Waals surface area contributed by atoms with Gasteiger partial charge in [-0.3, -0.25) is 9.59 Å². The summed E-state index contributed by atoms with van der Waals surface area (Å²) in [6, 6.07) is 0. The smallest absolute Gasteiger partial charge is 0.313 e. The Morgan fingerprint density at radius 2 is 2.17 bits per heavy atom. The first-order chi connectivity index (χ1) is 8.51. The van der Waals surface area contributed by atoms with Gasteiger partial charge >= 0.3 is 5.97 Å². The van der Waals surface area contributed by atoms with E-state index in [0.29, 0.717) is 6.54 Å². The largest absolute Gasteiger partial charge is 0.466 e. The summed E-state index contributed by atoms with van der Waals surface area (Å²) in [5.41, 5.74) is 0.781. The van der Waals surface area contributed by atoms with Crippen LogP contribution in [0.4, 0.5) is 0 Å². The predicted molar refractivity (Wildman–Crippen MR) is 63.7 cm³/mol. The molecule has 1 aromatic rings. The molecule has 0 fully saturated rings. The monoisotopic (exact) mass is 254 g/mol. The van der Waals surface area contributed by atoms with Gasteiger partial charge in [-0.15, -0.1) is 5.10 Å². The topological polar surface area (TPSA) is 77.3 Å². The minimum Gasteiger partial charge on any atom is -0.466 e. The summed E-state index contributed by atoms with van der Waals surface area (Å²) in [5, 5.41) is 7.76. The van der Waals surface area contributed by atoms with E-state index in [-0.39, 0.29) is 25.4 Å². The Morgan fingerprint density at radius 1 is 1.44 bits per heavy atom. The van der Waals surface area contributed by atoms with Crippen LogP contribution in [-0.2, 0) is 27.4 Å². The highest BCUT2D eigenvalue weighted by Crippen LogP contribution is 1.98. The summed E-state index contributed by atoms with van der Waals surface area (Å²) in [6.45, 7) is 2.68. The molecule has 0 N–H and O–H groups in total. The van der Waals surface area contributed by atoms with Crippen LogP contribution < -0.4 is 0 Å². The van der Waals surface area contributed by atoms with Crippen LogP contribution in [0.15, 0.2) is 6.20 Å². The van der Waals surface area contributed by atoms with E-state index in [2.05, 4.69) is 10.3 Å². The van der Waals surface area contributed by atoms with Crippen LogP contribution in [0.25, 0.3) is 0 Å². The molecule has 0 bridgehead atoms. The van der Waals surface area contributed by atoms with Crippen molar-refractivity contribution >= 4 is 11.8 Å². The standard InChI is InChI=1S/C11H18N4O3/c1-4-18-11(17)5-10(16)8-15-7-9(12-13-15)6-14(2)3/h7H,4-6,8H2,1-3H3. The molecule has 100 valence electrons. The van der Waals surface area contributed by atoms with Crippen molar-refractivity contribution in [1.29, 1.82) is 0 Å². The van der Waals surface area contributed by atoms with E-state index in [4.69, 9.17) is 4.74 Å². The third-order valence-corrected chi connectivity index (χ3v) is 2.05. The van der Waals surface area contributed by atoms with Gasteiger partial charge < -0.3 is 9.64 Å². The van der Waals surface area contributed by atoms with Crippen molar-refractivity contribution in [2.75, 3.05) is 20.7 Å². The number of carbonyl (C=O) groups is 2. The first-order valence-electron chi connectivity index (χ1n) is 5.72. The van der Waals surface area contributed by atoms with Crippen molar-refractivity contribution in [1.82, 2.24) is 19.9 Å². The van der Waals surface area contributed by atoms with Gasteiger partial charge in [-0.05, 0) is 21.0 Å². The number of hydrogen-bond acceptors (Lipinski definition) is 6. The van der Waals surface area contributed by atoms with Crippen LogP contribution in [0.5, 0.6) is 0 Å². The van der Waals surface area contributed by atoms with Crippen molar-refractivity contribution in [2.24, 2.45) is 0 Å². The minimum absolute atomic E-state index is 0.0409. The van der Waals surface area contributed by atoms with Crippen LogP contribution >= 0.6 is 0 Å². The van der Waals surface area contributed by atoms with E-state index in [1.165, 1.54) is 4.68 Å². The van der Waals surface area contributed by atoms with E-state index in [1.807, 2.05) is 19.0 Å². The average Bonchev–Trinajstić information content (AvgIpc) is 2.64. The van der Waals surface area contributed by atoms with Crippen LogP contribution in [0.2, 0.25) is 0 Å². The molecule has 0 spiro atoms. The molecule has 1 aromatic heterocycles. The van der Waals surface area contributed by atoms with Gasteiger partial charge in [0, 0.05) is 6.54 Å². The minimum atomic E-state index is -0.504. The fourth-order valence-electron chi connectivity index (χ4n) is 1.42. The number of nitrogens with zero attached hydrogens (tertiary/aromatic N) is 4. The van der Waals surface area contributed by atoms with Crippen molar-refractivity contribution in [3.63, 3.8) is 0 Å². The lowest BCUT2D eigenvalue weighted by molar-refractivity contribution is -0.145. The van der Waals surface area contributed by atoms with Crippen molar-refractivity contribution in [3.8, 4) is 0 Å². The van der Waals surface area contributed by atoms with Gasteiger partial charge in [0.05, 0.1) is 18.5 Å². The summed E-state index contributed by atoms with van der Waals surface area (Å²) in [5.74, 6) is -0.745. The predicted octanol–water partition coefficient (Wildman–Crippen LogP) is -0.138. The number of carbonyl (C=O) groups excluding carboxylic acids is 2. The maximum Gasteiger partial charge on any atom is 0.313 e. The maximum atomic E-state index is 11.5. The first-order valence-corrected chi connectivity index (χ1v) is 5.72. The summed E-state index contributed by atoms with van der Waals surface area (Å²) in [6.07, 6.45) is 1.47. The van der Waals surface area contributed by atoms with Crippen LogP contribution in [-0.4, -0.2) is 52.3 Å². The van der Waals surface area contributed by atoms with Crippen molar-refractivity contribution in [3.05, 3.63) is 11.9 Å². The van der Waals surface area contributed by atoms with E-state index < -0.39 is 5.97 Å². The molecule has 1 heterocycles. The molecule has 0 aliphatic rings. The van der Waals surface area contributed by atoms with Crippen LogP contribution in [0.3, 0.4) is 0 Å². The zero-order valence-electron chi connectivity index (χ0n) is 10.9. The molecule has 0 saturated heterocycles. The average molecular weight is 254 g/mol. The number of ether oxygens (including phenoxy) is 1. The number of ketones is 1. The SMILES string of the molecule is CCOC(=O)CC(=O)Cn1cc(CN(C)C)nn1. The molecule has 1 rings (SSSR count). The van der Waals surface area contributed by atoms with Crippen LogP contribution in [0.1, 0.15) is 19.0 Å². The lowest BCUT2D eigenvalue weighted by atomic mass is 10.3. The Hall–Kier alpha value is -1.76. The Balaban J connectivity index is 2.44. The van der Waals surface area contributed by atoms with Crippen molar-refractivity contribution in [2.45, 2.75) is 26.4 Å². The van der Waals surface area contributed by atoms with E-state index >= 15 is 0 Å². The zero-order valence-corrected chi connectivity index (χ0v) is 10.9. The highest BCUT2D eigenvalue weighted by atomic mass is 16.5. The fourth-order valence-corrected chi connectivity index (χ4v) is 1.42. The maximum absolute atomic E-state index is 11.5. The molecule has 18 heavy (non-hydrogen) atoms. The molecular formula is C11H18N4O3. The summed E-state index contributed by atoms with van der Waals surface area (Å²) >= 11 is 0. The van der Waals surface area contributed by atoms with Gasteiger partial charge in [0.15, 0.2) is 5.78 Å². The lowest BCUT2D eigenvalue weighted by Gasteiger charge is -2.04. The van der Waals surface area contributed by atoms with Gasteiger partial charge in [0.2, 0.25) is 0 Å². The molecule has 0 unspecified atom stereocenters. The molecule has 0 aliphatic heterocycles. The highest BCUT2D eigenvalue weighted by Gasteiger charge is 2.12. The normalized spacial score (nSPS) is 10.7. The quantitative estimate of drug-likeness (QED) is 0.498. The van der Waals surface area contributed by atoms with Gasteiger partial charge in [0.25, 0.3) is 0 Å². The fraction of sp³-hybridized carbons (Fsp3) is 0.636. The number of rotatable bonds is 7. The second-order valence-corrected chi connectivity index (χ2v) is 4.17. The first kappa shape index (κ1) is 14.3. The summed E-state index contributed by atoms with van der Waals surface area (Å²) < 4.78 is 6.13. The third kappa shape index (κ3) is 5.05. The molecule has 0 radical (unpaired) electrons. The van der Waals surface area contributed by atoms with Gasteiger partial charge in [-0.1, -0.05) is 5.21 Å². The molecule has 0 atom stereocenters. The van der Waals surface area contributed by atoms with Gasteiger partial charge in [-0.2, -0.15) is 0 Å². The Kier molecular flexibility index (Phi) is 5.44. The molecule has 7 heteroatoms. The van der Waals surface area contributed by atoms with E-state index in [9.17, 15) is 9.59 Å². The number of esters is 1. The van der Waals surface area contributed by atoms with E-state index in [0.717, 1.165) is 5.69 Å². The Morgan fingerprint density at radius 3 is 2.78 bits per heavy atom.